The molecule has 8 nitrogen and oxygen atoms in total. The van der Waals surface area contributed by atoms with E-state index in [4.69, 9.17) is 9.66 Å². The molecule has 0 aliphatic carbocycles. The summed E-state index contributed by atoms with van der Waals surface area (Å²) in [6, 6.07) is 4.71. The number of imidazole rings is 1. The second-order valence-corrected chi connectivity index (χ2v) is 8.37. The summed E-state index contributed by atoms with van der Waals surface area (Å²) in [5.41, 5.74) is 1.44. The summed E-state index contributed by atoms with van der Waals surface area (Å²) < 4.78 is 30.4. The lowest BCUT2D eigenvalue weighted by Crippen LogP contribution is -2.11. The average molecular weight is 381 g/mol. The van der Waals surface area contributed by atoms with Gasteiger partial charge in [0, 0.05) is 13.0 Å². The molecule has 2 N–H and O–H groups in total. The van der Waals surface area contributed by atoms with E-state index >= 15 is 0 Å². The van der Waals surface area contributed by atoms with Crippen LogP contribution in [0.3, 0.4) is 0 Å². The van der Waals surface area contributed by atoms with Gasteiger partial charge in [-0.1, -0.05) is 23.8 Å². The largest absolute Gasteiger partial charge is 0.338 e. The first-order valence-corrected chi connectivity index (χ1v) is 10.3. The molecule has 3 rings (SSSR count). The summed E-state index contributed by atoms with van der Waals surface area (Å²) in [6.07, 6.45) is 0.713. The Hall–Kier alpha value is -1.91. The smallest absolute Gasteiger partial charge is 0.239 e. The van der Waals surface area contributed by atoms with Gasteiger partial charge in [0.05, 0.1) is 21.2 Å². The van der Waals surface area contributed by atoms with Crippen molar-refractivity contribution in [3.05, 3.63) is 29.9 Å². The summed E-state index contributed by atoms with van der Waals surface area (Å²) >= 11 is 1.49. The van der Waals surface area contributed by atoms with Gasteiger partial charge in [-0.3, -0.25) is 0 Å². The first-order valence-electron chi connectivity index (χ1n) is 7.85. The molecule has 3 aromatic rings. The summed E-state index contributed by atoms with van der Waals surface area (Å²) in [4.78, 5) is 8.97. The fraction of sp³-hybridized carbons (Fsp3) is 0.400. The zero-order valence-corrected chi connectivity index (χ0v) is 15.8. The molecular formula is C15H19N5O3S2. The molecule has 0 spiro atoms. The predicted octanol–water partition coefficient (Wildman–Crippen LogP) is 2.50. The lowest BCUT2D eigenvalue weighted by molar-refractivity contribution is 0.375. The van der Waals surface area contributed by atoms with Crippen LogP contribution in [0.4, 0.5) is 0 Å². The van der Waals surface area contributed by atoms with Crippen LogP contribution in [0.15, 0.2) is 32.8 Å². The van der Waals surface area contributed by atoms with Crippen molar-refractivity contribution in [1.29, 1.82) is 0 Å². The molecule has 0 aliphatic heterocycles. The number of hydrogen-bond donors (Lipinski definition) is 1. The van der Waals surface area contributed by atoms with E-state index in [1.165, 1.54) is 23.9 Å². The summed E-state index contributed by atoms with van der Waals surface area (Å²) in [5.74, 6) is 1.21. The highest BCUT2D eigenvalue weighted by molar-refractivity contribution is 7.99. The molecule has 0 aliphatic rings. The minimum Gasteiger partial charge on any atom is -0.338 e. The Bertz CT molecular complexity index is 1010. The SMILES string of the molecule is CCc1noc(C(C)Sc2nc3cc(S(N)(=O)=O)ccc3n2CC)n1. The number of thioether (sulfide) groups is 1. The van der Waals surface area contributed by atoms with Crippen molar-refractivity contribution in [2.24, 2.45) is 5.14 Å². The van der Waals surface area contributed by atoms with E-state index in [-0.39, 0.29) is 10.1 Å². The quantitative estimate of drug-likeness (QED) is 0.652. The molecule has 25 heavy (non-hydrogen) atoms. The number of aromatic nitrogens is 4. The monoisotopic (exact) mass is 381 g/mol. The zero-order valence-electron chi connectivity index (χ0n) is 14.1. The Kier molecular flexibility index (Phi) is 4.85. The molecule has 0 amide bonds. The topological polar surface area (TPSA) is 117 Å². The van der Waals surface area contributed by atoms with Crippen molar-refractivity contribution in [2.45, 2.75) is 49.0 Å². The van der Waals surface area contributed by atoms with Gasteiger partial charge in [-0.25, -0.2) is 18.5 Å². The Labute approximate surface area is 149 Å². The maximum atomic E-state index is 11.5. The minimum atomic E-state index is -3.76. The molecule has 1 atom stereocenters. The number of rotatable bonds is 6. The van der Waals surface area contributed by atoms with Crippen LogP contribution in [-0.2, 0) is 23.0 Å². The van der Waals surface area contributed by atoms with Crippen molar-refractivity contribution < 1.29 is 12.9 Å². The number of aryl methyl sites for hydroxylation is 2. The lowest BCUT2D eigenvalue weighted by atomic mass is 10.3. The summed E-state index contributed by atoms with van der Waals surface area (Å²) in [5, 5.41) is 9.80. The van der Waals surface area contributed by atoms with Crippen molar-refractivity contribution in [1.82, 2.24) is 19.7 Å². The van der Waals surface area contributed by atoms with Crippen LogP contribution >= 0.6 is 11.8 Å². The third-order valence-electron chi connectivity index (χ3n) is 3.76. The molecule has 0 fully saturated rings. The molecule has 0 saturated carbocycles. The highest BCUT2D eigenvalue weighted by Gasteiger charge is 2.20. The van der Waals surface area contributed by atoms with Gasteiger partial charge in [-0.2, -0.15) is 4.98 Å². The fourth-order valence-electron chi connectivity index (χ4n) is 2.44. The van der Waals surface area contributed by atoms with E-state index in [9.17, 15) is 8.42 Å². The Morgan fingerprint density at radius 3 is 2.68 bits per heavy atom. The van der Waals surface area contributed by atoms with Gasteiger partial charge in [0.25, 0.3) is 0 Å². The zero-order chi connectivity index (χ0) is 18.2. The minimum absolute atomic E-state index is 0.0508. The normalized spacial score (nSPS) is 13.4. The van der Waals surface area contributed by atoms with Crippen molar-refractivity contribution in [3.8, 4) is 0 Å². The van der Waals surface area contributed by atoms with Crippen LogP contribution in [0.5, 0.6) is 0 Å². The van der Waals surface area contributed by atoms with Crippen molar-refractivity contribution in [2.75, 3.05) is 0 Å². The van der Waals surface area contributed by atoms with E-state index in [2.05, 4.69) is 15.1 Å². The third kappa shape index (κ3) is 3.55. The van der Waals surface area contributed by atoms with Gasteiger partial charge < -0.3 is 9.09 Å². The van der Waals surface area contributed by atoms with Gasteiger partial charge in [0.15, 0.2) is 11.0 Å². The van der Waals surface area contributed by atoms with E-state index in [1.807, 2.05) is 25.3 Å². The number of primary sulfonamides is 1. The molecule has 0 saturated heterocycles. The molecular weight excluding hydrogens is 362 g/mol. The first kappa shape index (κ1) is 17.9. The standard InChI is InChI=1S/C15H19N5O3S2/c1-4-13-18-14(23-19-13)9(3)24-15-17-11-8-10(25(16,21)22)6-7-12(11)20(15)5-2/h6-9H,4-5H2,1-3H3,(H2,16,21,22). The number of sulfonamides is 1. The van der Waals surface area contributed by atoms with E-state index in [0.29, 0.717) is 30.2 Å². The summed E-state index contributed by atoms with van der Waals surface area (Å²) in [7, 11) is -3.76. The highest BCUT2D eigenvalue weighted by Crippen LogP contribution is 2.35. The van der Waals surface area contributed by atoms with Crippen LogP contribution in [0.25, 0.3) is 11.0 Å². The number of benzene rings is 1. The Morgan fingerprint density at radius 1 is 1.32 bits per heavy atom. The van der Waals surface area contributed by atoms with Gasteiger partial charge in [0.2, 0.25) is 15.9 Å². The highest BCUT2D eigenvalue weighted by atomic mass is 32.2. The lowest BCUT2D eigenvalue weighted by Gasteiger charge is -2.08. The third-order valence-corrected chi connectivity index (χ3v) is 5.75. The van der Waals surface area contributed by atoms with Crippen LogP contribution in [0.1, 0.15) is 37.7 Å². The first-order chi connectivity index (χ1) is 11.8. The average Bonchev–Trinajstić information content (AvgIpc) is 3.17. The molecule has 1 unspecified atom stereocenters. The Morgan fingerprint density at radius 2 is 2.08 bits per heavy atom. The molecule has 0 radical (unpaired) electrons. The second kappa shape index (κ2) is 6.77. The number of fused-ring (bicyclic) bond motifs is 1. The van der Waals surface area contributed by atoms with Gasteiger partial charge in [0.1, 0.15) is 0 Å². The molecule has 2 heterocycles. The number of nitrogens with zero attached hydrogens (tertiary/aromatic N) is 4. The maximum absolute atomic E-state index is 11.5. The molecule has 10 heteroatoms. The maximum Gasteiger partial charge on any atom is 0.239 e. The Balaban J connectivity index is 1.97. The van der Waals surface area contributed by atoms with Crippen LogP contribution < -0.4 is 5.14 Å². The van der Waals surface area contributed by atoms with Crippen molar-refractivity contribution in [3.63, 3.8) is 0 Å². The molecule has 0 bridgehead atoms. The van der Waals surface area contributed by atoms with Crippen LogP contribution in [0, 0.1) is 0 Å². The number of nitrogens with two attached hydrogens (primary N) is 1. The second-order valence-electron chi connectivity index (χ2n) is 5.50. The van der Waals surface area contributed by atoms with Gasteiger partial charge in [-0.15, -0.1) is 0 Å². The number of hydrogen-bond acceptors (Lipinski definition) is 7. The van der Waals surface area contributed by atoms with Gasteiger partial charge in [-0.05, 0) is 32.0 Å². The van der Waals surface area contributed by atoms with Crippen LogP contribution in [-0.4, -0.2) is 28.1 Å². The van der Waals surface area contributed by atoms with Crippen LogP contribution in [0.2, 0.25) is 0 Å². The fourth-order valence-corrected chi connectivity index (χ4v) is 4.00. The van der Waals surface area contributed by atoms with E-state index in [0.717, 1.165) is 10.7 Å². The summed E-state index contributed by atoms with van der Waals surface area (Å²) in [6.45, 7) is 6.63. The predicted molar refractivity (Wildman–Crippen MR) is 94.7 cm³/mol. The van der Waals surface area contributed by atoms with Gasteiger partial charge >= 0.3 is 0 Å². The molecule has 2 aromatic heterocycles. The van der Waals surface area contributed by atoms with Crippen molar-refractivity contribution >= 4 is 32.8 Å². The molecule has 1 aromatic carbocycles. The van der Waals surface area contributed by atoms with E-state index < -0.39 is 10.0 Å². The molecule has 134 valence electrons. The van der Waals surface area contributed by atoms with E-state index in [1.54, 1.807) is 6.07 Å².